The van der Waals surface area contributed by atoms with E-state index in [4.69, 9.17) is 0 Å². The second-order valence-electron chi connectivity index (χ2n) is 4.11. The van der Waals surface area contributed by atoms with Crippen molar-refractivity contribution in [2.45, 2.75) is 45.3 Å². The van der Waals surface area contributed by atoms with E-state index in [2.05, 4.69) is 5.32 Å². The monoisotopic (exact) mass is 171 g/mol. The molecule has 1 saturated carbocycles. The summed E-state index contributed by atoms with van der Waals surface area (Å²) in [5.41, 5.74) is -0.676. The summed E-state index contributed by atoms with van der Waals surface area (Å²) in [5, 5.41) is 12.4. The molecule has 1 aliphatic carbocycles. The summed E-state index contributed by atoms with van der Waals surface area (Å²) in [6, 6.07) is -0.0348. The van der Waals surface area contributed by atoms with Crippen molar-refractivity contribution in [2.75, 3.05) is 0 Å². The van der Waals surface area contributed by atoms with E-state index in [0.717, 1.165) is 12.8 Å². The molecule has 1 fully saturated rings. The van der Waals surface area contributed by atoms with Crippen molar-refractivity contribution in [3.05, 3.63) is 0 Å². The van der Waals surface area contributed by atoms with E-state index in [1.54, 1.807) is 6.92 Å². The molecule has 0 heterocycles. The Hall–Kier alpha value is -0.570. The lowest BCUT2D eigenvalue weighted by atomic mass is 9.76. The van der Waals surface area contributed by atoms with Gasteiger partial charge in [0.15, 0.2) is 0 Å². The maximum atomic E-state index is 11.2. The van der Waals surface area contributed by atoms with E-state index in [1.165, 1.54) is 0 Å². The molecule has 12 heavy (non-hydrogen) atoms. The van der Waals surface area contributed by atoms with Crippen molar-refractivity contribution in [3.8, 4) is 0 Å². The standard InChI is InChI=1S/C9H17NO2/c1-6(2)8(11)10-7-4-5-9(7,3)12/h6-7,12H,4-5H2,1-3H3,(H,10,11)/t7-,9+/m0/s1. The largest absolute Gasteiger partial charge is 0.388 e. The minimum Gasteiger partial charge on any atom is -0.388 e. The smallest absolute Gasteiger partial charge is 0.222 e. The number of rotatable bonds is 2. The van der Waals surface area contributed by atoms with Crippen LogP contribution in [0, 0.1) is 5.92 Å². The van der Waals surface area contributed by atoms with Crippen molar-refractivity contribution in [2.24, 2.45) is 5.92 Å². The summed E-state index contributed by atoms with van der Waals surface area (Å²) in [6.07, 6.45) is 1.68. The van der Waals surface area contributed by atoms with Gasteiger partial charge in [-0.25, -0.2) is 0 Å². The van der Waals surface area contributed by atoms with Crippen LogP contribution < -0.4 is 5.32 Å². The Labute approximate surface area is 73.2 Å². The summed E-state index contributed by atoms with van der Waals surface area (Å²) in [4.78, 5) is 11.2. The number of hydrogen-bond acceptors (Lipinski definition) is 2. The Bertz CT molecular complexity index is 187. The lowest BCUT2D eigenvalue weighted by Crippen LogP contribution is -2.59. The SMILES string of the molecule is CC(C)C(=O)N[C@H]1CC[C@@]1(C)O. The number of carbonyl (C=O) groups is 1. The number of nitrogens with one attached hydrogen (secondary N) is 1. The molecular formula is C9H17NO2. The molecule has 1 aliphatic rings. The number of aliphatic hydroxyl groups is 1. The van der Waals surface area contributed by atoms with Gasteiger partial charge in [0.1, 0.15) is 0 Å². The van der Waals surface area contributed by atoms with Gasteiger partial charge in [0.25, 0.3) is 0 Å². The van der Waals surface area contributed by atoms with E-state index in [1.807, 2.05) is 13.8 Å². The average molecular weight is 171 g/mol. The van der Waals surface area contributed by atoms with Crippen molar-refractivity contribution in [1.82, 2.24) is 5.32 Å². The molecule has 3 heteroatoms. The lowest BCUT2D eigenvalue weighted by molar-refractivity contribution is -0.130. The predicted octanol–water partition coefficient (Wildman–Crippen LogP) is 0.672. The van der Waals surface area contributed by atoms with Crippen LogP contribution in [0.25, 0.3) is 0 Å². The summed E-state index contributed by atoms with van der Waals surface area (Å²) >= 11 is 0. The van der Waals surface area contributed by atoms with Crippen LogP contribution in [-0.4, -0.2) is 22.7 Å². The van der Waals surface area contributed by atoms with Crippen LogP contribution in [0.1, 0.15) is 33.6 Å². The maximum absolute atomic E-state index is 11.2. The third kappa shape index (κ3) is 1.78. The zero-order valence-electron chi connectivity index (χ0n) is 7.92. The number of amides is 1. The fraction of sp³-hybridized carbons (Fsp3) is 0.889. The van der Waals surface area contributed by atoms with E-state index in [9.17, 15) is 9.90 Å². The average Bonchev–Trinajstić information content (AvgIpc) is 1.97. The van der Waals surface area contributed by atoms with Gasteiger partial charge < -0.3 is 10.4 Å². The zero-order chi connectivity index (χ0) is 9.35. The Morgan fingerprint density at radius 1 is 1.67 bits per heavy atom. The third-order valence-electron chi connectivity index (χ3n) is 2.53. The first-order valence-corrected chi connectivity index (χ1v) is 4.46. The predicted molar refractivity (Wildman–Crippen MR) is 46.6 cm³/mol. The molecule has 0 spiro atoms. The van der Waals surface area contributed by atoms with Gasteiger partial charge in [-0.2, -0.15) is 0 Å². The van der Waals surface area contributed by atoms with E-state index >= 15 is 0 Å². The third-order valence-corrected chi connectivity index (χ3v) is 2.53. The van der Waals surface area contributed by atoms with Crippen molar-refractivity contribution in [3.63, 3.8) is 0 Å². The van der Waals surface area contributed by atoms with E-state index in [-0.39, 0.29) is 17.9 Å². The van der Waals surface area contributed by atoms with Crippen molar-refractivity contribution in [1.29, 1.82) is 0 Å². The van der Waals surface area contributed by atoms with Crippen LogP contribution in [0.2, 0.25) is 0 Å². The molecule has 2 atom stereocenters. The van der Waals surface area contributed by atoms with Gasteiger partial charge in [-0.3, -0.25) is 4.79 Å². The molecule has 70 valence electrons. The minimum atomic E-state index is -0.676. The highest BCUT2D eigenvalue weighted by Crippen LogP contribution is 2.31. The van der Waals surface area contributed by atoms with Crippen LogP contribution in [0.5, 0.6) is 0 Å². The second-order valence-corrected chi connectivity index (χ2v) is 4.11. The Balaban J connectivity index is 2.38. The van der Waals surface area contributed by atoms with Gasteiger partial charge >= 0.3 is 0 Å². The first kappa shape index (κ1) is 9.52. The van der Waals surface area contributed by atoms with Crippen molar-refractivity contribution >= 4 is 5.91 Å². The molecule has 0 aromatic heterocycles. The Morgan fingerprint density at radius 3 is 2.50 bits per heavy atom. The van der Waals surface area contributed by atoms with Crippen LogP contribution in [-0.2, 0) is 4.79 Å². The zero-order valence-corrected chi connectivity index (χ0v) is 7.92. The first-order chi connectivity index (χ1) is 5.43. The normalized spacial score (nSPS) is 34.6. The molecule has 0 aromatic carbocycles. The number of hydrogen-bond donors (Lipinski definition) is 2. The molecule has 2 N–H and O–H groups in total. The van der Waals surface area contributed by atoms with Gasteiger partial charge in [-0.1, -0.05) is 13.8 Å². The Morgan fingerprint density at radius 2 is 2.25 bits per heavy atom. The summed E-state index contributed by atoms with van der Waals surface area (Å²) in [5.74, 6) is 0.0291. The molecule has 0 unspecified atom stereocenters. The fourth-order valence-corrected chi connectivity index (χ4v) is 1.27. The van der Waals surface area contributed by atoms with Gasteiger partial charge in [0.05, 0.1) is 11.6 Å². The highest BCUT2D eigenvalue weighted by molar-refractivity contribution is 5.78. The molecule has 1 amide bonds. The van der Waals surface area contributed by atoms with Gasteiger partial charge in [-0.15, -0.1) is 0 Å². The molecule has 1 rings (SSSR count). The Kier molecular flexibility index (Phi) is 2.42. The molecular weight excluding hydrogens is 154 g/mol. The van der Waals surface area contributed by atoms with Gasteiger partial charge in [0, 0.05) is 5.92 Å². The fourth-order valence-electron chi connectivity index (χ4n) is 1.27. The lowest BCUT2D eigenvalue weighted by Gasteiger charge is -2.43. The van der Waals surface area contributed by atoms with Crippen LogP contribution in [0.15, 0.2) is 0 Å². The molecule has 0 saturated heterocycles. The number of carbonyl (C=O) groups excluding carboxylic acids is 1. The first-order valence-electron chi connectivity index (χ1n) is 4.46. The second kappa shape index (κ2) is 3.05. The summed E-state index contributed by atoms with van der Waals surface area (Å²) in [6.45, 7) is 5.47. The van der Waals surface area contributed by atoms with Crippen LogP contribution in [0.3, 0.4) is 0 Å². The quantitative estimate of drug-likeness (QED) is 0.641. The molecule has 0 radical (unpaired) electrons. The summed E-state index contributed by atoms with van der Waals surface area (Å²) in [7, 11) is 0. The highest BCUT2D eigenvalue weighted by atomic mass is 16.3. The van der Waals surface area contributed by atoms with Crippen LogP contribution in [0.4, 0.5) is 0 Å². The summed E-state index contributed by atoms with van der Waals surface area (Å²) < 4.78 is 0. The molecule has 0 aliphatic heterocycles. The minimum absolute atomic E-state index is 0.00130. The van der Waals surface area contributed by atoms with Crippen molar-refractivity contribution < 1.29 is 9.90 Å². The molecule has 3 nitrogen and oxygen atoms in total. The van der Waals surface area contributed by atoms with Gasteiger partial charge in [0.2, 0.25) is 5.91 Å². The highest BCUT2D eigenvalue weighted by Gasteiger charge is 2.41. The topological polar surface area (TPSA) is 49.3 Å². The van der Waals surface area contributed by atoms with Crippen LogP contribution >= 0.6 is 0 Å². The van der Waals surface area contributed by atoms with E-state index in [0.29, 0.717) is 0 Å². The maximum Gasteiger partial charge on any atom is 0.222 e. The van der Waals surface area contributed by atoms with E-state index < -0.39 is 5.60 Å². The van der Waals surface area contributed by atoms with Gasteiger partial charge in [-0.05, 0) is 19.8 Å². The molecule has 0 aromatic rings. The molecule has 0 bridgehead atoms.